The molecule has 1 fully saturated rings. The first-order valence-corrected chi connectivity index (χ1v) is 11.1. The van der Waals surface area contributed by atoms with Crippen LogP contribution in [0.15, 0.2) is 49.1 Å². The van der Waals surface area contributed by atoms with Crippen LogP contribution in [0.1, 0.15) is 49.0 Å². The van der Waals surface area contributed by atoms with Crippen LogP contribution in [0.25, 0.3) is 0 Å². The minimum Gasteiger partial charge on any atom is -0.347 e. The molecule has 2 atom stereocenters. The summed E-state index contributed by atoms with van der Waals surface area (Å²) in [5.41, 5.74) is 1.03. The number of rotatable bonds is 11. The zero-order valence-electron chi connectivity index (χ0n) is 18.8. The summed E-state index contributed by atoms with van der Waals surface area (Å²) in [6.45, 7) is 3.85. The van der Waals surface area contributed by atoms with Crippen LogP contribution in [-0.4, -0.2) is 51.6 Å². The Labute approximate surface area is 192 Å². The second-order valence-electron chi connectivity index (χ2n) is 8.65. The smallest absolute Gasteiger partial charge is 0.289 e. The Balaban J connectivity index is 1.75. The average Bonchev–Trinajstić information content (AvgIpc) is 3.62. The molecule has 3 amide bonds. The van der Waals surface area contributed by atoms with E-state index < -0.39 is 35.6 Å². The zero-order chi connectivity index (χ0) is 23.8. The molecule has 1 heterocycles. The lowest BCUT2D eigenvalue weighted by atomic mass is 9.99. The van der Waals surface area contributed by atoms with Crippen LogP contribution in [0.3, 0.4) is 0 Å². The number of hydrogen-bond acceptors (Lipinski definition) is 6. The number of hydrogen-bond donors (Lipinski definition) is 3. The molecule has 1 aliphatic carbocycles. The topological polar surface area (TPSA) is 130 Å². The van der Waals surface area contributed by atoms with Gasteiger partial charge in [-0.1, -0.05) is 44.2 Å². The van der Waals surface area contributed by atoms with Crippen molar-refractivity contribution in [3.63, 3.8) is 0 Å². The van der Waals surface area contributed by atoms with Crippen LogP contribution >= 0.6 is 0 Å². The van der Waals surface area contributed by atoms with Crippen LogP contribution < -0.4 is 16.0 Å². The first-order chi connectivity index (χ1) is 15.8. The number of Topliss-reactive ketones (excluding diaryl/α,β-unsaturated/α-hetero) is 1. The minimum atomic E-state index is -1.05. The Hall–Kier alpha value is -3.62. The molecule has 0 bridgehead atoms. The van der Waals surface area contributed by atoms with E-state index in [1.807, 2.05) is 44.2 Å². The number of ketones is 1. The number of nitrogens with one attached hydrogen (secondary N) is 3. The van der Waals surface area contributed by atoms with Gasteiger partial charge in [0.15, 0.2) is 0 Å². The van der Waals surface area contributed by atoms with Gasteiger partial charge in [0.25, 0.3) is 11.8 Å². The van der Waals surface area contributed by atoms with Crippen molar-refractivity contribution in [2.45, 2.75) is 57.7 Å². The van der Waals surface area contributed by atoms with Crippen molar-refractivity contribution in [2.24, 2.45) is 5.92 Å². The number of carbonyl (C=O) groups excluding carboxylic acids is 4. The second-order valence-corrected chi connectivity index (χ2v) is 8.65. The van der Waals surface area contributed by atoms with Gasteiger partial charge in [-0.05, 0) is 30.7 Å². The quantitative estimate of drug-likeness (QED) is 0.440. The zero-order valence-corrected chi connectivity index (χ0v) is 18.8. The van der Waals surface area contributed by atoms with Crippen molar-refractivity contribution in [3.8, 4) is 0 Å². The Morgan fingerprint density at radius 3 is 2.24 bits per heavy atom. The molecule has 33 heavy (non-hydrogen) atoms. The number of aromatic nitrogens is 2. The lowest BCUT2D eigenvalue weighted by Gasteiger charge is -2.24. The third kappa shape index (κ3) is 7.48. The molecule has 1 aromatic heterocycles. The van der Waals surface area contributed by atoms with E-state index in [-0.39, 0.29) is 23.9 Å². The first-order valence-electron chi connectivity index (χ1n) is 11.1. The average molecular weight is 452 g/mol. The first kappa shape index (κ1) is 24.0. The third-order valence-corrected chi connectivity index (χ3v) is 5.20. The van der Waals surface area contributed by atoms with Gasteiger partial charge in [-0.15, -0.1) is 0 Å². The maximum atomic E-state index is 13.2. The summed E-state index contributed by atoms with van der Waals surface area (Å²) in [7, 11) is 0. The van der Waals surface area contributed by atoms with Crippen LogP contribution in [0, 0.1) is 5.92 Å². The van der Waals surface area contributed by atoms with Crippen LogP contribution in [0.5, 0.6) is 0 Å². The van der Waals surface area contributed by atoms with Gasteiger partial charge >= 0.3 is 0 Å². The molecule has 0 spiro atoms. The van der Waals surface area contributed by atoms with Crippen molar-refractivity contribution < 1.29 is 19.2 Å². The van der Waals surface area contributed by atoms with E-state index in [4.69, 9.17) is 0 Å². The summed E-state index contributed by atoms with van der Waals surface area (Å²) in [5, 5.41) is 8.09. The highest BCUT2D eigenvalue weighted by Gasteiger charge is 2.33. The molecule has 1 saturated carbocycles. The van der Waals surface area contributed by atoms with E-state index in [1.54, 1.807) is 0 Å². The minimum absolute atomic E-state index is 0.0237. The van der Waals surface area contributed by atoms with Crippen LogP contribution in [0.4, 0.5) is 0 Å². The summed E-state index contributed by atoms with van der Waals surface area (Å²) in [5.74, 6) is -2.33. The van der Waals surface area contributed by atoms with Gasteiger partial charge in [-0.3, -0.25) is 19.2 Å². The highest BCUT2D eigenvalue weighted by atomic mass is 16.2. The fraction of sp³-hybridized carbons (Fsp3) is 0.417. The van der Waals surface area contributed by atoms with Crippen molar-refractivity contribution in [1.29, 1.82) is 0 Å². The molecule has 9 heteroatoms. The molecule has 3 rings (SSSR count). The van der Waals surface area contributed by atoms with Gasteiger partial charge in [0, 0.05) is 24.9 Å². The lowest BCUT2D eigenvalue weighted by Crippen LogP contribution is -2.55. The number of benzene rings is 1. The highest BCUT2D eigenvalue weighted by Crippen LogP contribution is 2.18. The number of amides is 3. The molecule has 1 unspecified atom stereocenters. The van der Waals surface area contributed by atoms with Crippen molar-refractivity contribution in [3.05, 3.63) is 60.2 Å². The van der Waals surface area contributed by atoms with Gasteiger partial charge in [0.1, 0.15) is 18.4 Å². The fourth-order valence-electron chi connectivity index (χ4n) is 3.33. The summed E-state index contributed by atoms with van der Waals surface area (Å²) in [6.07, 6.45) is 6.24. The maximum absolute atomic E-state index is 13.2. The predicted octanol–water partition coefficient (Wildman–Crippen LogP) is 1.20. The summed E-state index contributed by atoms with van der Waals surface area (Å²) < 4.78 is 0. The van der Waals surface area contributed by atoms with E-state index >= 15 is 0 Å². The summed E-state index contributed by atoms with van der Waals surface area (Å²) in [6, 6.07) is 7.23. The second kappa shape index (κ2) is 11.3. The van der Waals surface area contributed by atoms with Gasteiger partial charge < -0.3 is 16.0 Å². The highest BCUT2D eigenvalue weighted by molar-refractivity contribution is 6.38. The molecule has 0 aliphatic heterocycles. The standard InChI is InChI=1S/C24H29N5O4/c1-15(2)10-20(29-22(31)17-12-25-14-26-13-17)23(32)28-19(11-16-6-4-3-5-7-16)21(30)24(33)27-18-8-9-18/h3-7,12-15,18-20H,8-11H2,1-2H3,(H,27,33)(H,28,32)(H,29,31)/t19?,20-/m0/s1. The van der Waals surface area contributed by atoms with Crippen molar-refractivity contribution >= 4 is 23.5 Å². The van der Waals surface area contributed by atoms with E-state index in [0.717, 1.165) is 18.4 Å². The largest absolute Gasteiger partial charge is 0.347 e. The van der Waals surface area contributed by atoms with Crippen molar-refractivity contribution in [1.82, 2.24) is 25.9 Å². The molecule has 0 saturated heterocycles. The van der Waals surface area contributed by atoms with E-state index in [0.29, 0.717) is 6.42 Å². The Kier molecular flexibility index (Phi) is 8.23. The molecular formula is C24H29N5O4. The summed E-state index contributed by atoms with van der Waals surface area (Å²) >= 11 is 0. The summed E-state index contributed by atoms with van der Waals surface area (Å²) in [4.78, 5) is 58.7. The monoisotopic (exact) mass is 451 g/mol. The molecule has 174 valence electrons. The molecule has 1 aliphatic rings. The van der Waals surface area contributed by atoms with Crippen molar-refractivity contribution in [2.75, 3.05) is 0 Å². The lowest BCUT2D eigenvalue weighted by molar-refractivity contribution is -0.140. The predicted molar refractivity (Wildman–Crippen MR) is 121 cm³/mol. The Morgan fingerprint density at radius 2 is 1.64 bits per heavy atom. The number of carbonyl (C=O) groups is 4. The van der Waals surface area contributed by atoms with E-state index in [1.165, 1.54) is 18.7 Å². The van der Waals surface area contributed by atoms with Gasteiger partial charge in [-0.2, -0.15) is 0 Å². The Bertz CT molecular complexity index is 977. The van der Waals surface area contributed by atoms with Gasteiger partial charge in [0.05, 0.1) is 5.56 Å². The molecule has 3 N–H and O–H groups in total. The normalized spacial score (nSPS) is 14.8. The van der Waals surface area contributed by atoms with Gasteiger partial charge in [-0.25, -0.2) is 9.97 Å². The van der Waals surface area contributed by atoms with Crippen LogP contribution in [-0.2, 0) is 20.8 Å². The van der Waals surface area contributed by atoms with Gasteiger partial charge in [0.2, 0.25) is 11.7 Å². The van der Waals surface area contributed by atoms with E-state index in [2.05, 4.69) is 25.9 Å². The molecule has 1 aromatic carbocycles. The fourth-order valence-corrected chi connectivity index (χ4v) is 3.33. The SMILES string of the molecule is CC(C)C[C@H](NC(=O)c1cncnc1)C(=O)NC(Cc1ccccc1)C(=O)C(=O)NC1CC1. The molecule has 9 nitrogen and oxygen atoms in total. The maximum Gasteiger partial charge on any atom is 0.289 e. The molecular weight excluding hydrogens is 422 g/mol. The van der Waals surface area contributed by atoms with Crippen LogP contribution in [0.2, 0.25) is 0 Å². The Morgan fingerprint density at radius 1 is 0.970 bits per heavy atom. The molecule has 2 aromatic rings. The molecule has 0 radical (unpaired) electrons. The van der Waals surface area contributed by atoms with E-state index in [9.17, 15) is 19.2 Å². The number of nitrogens with zero attached hydrogens (tertiary/aromatic N) is 2. The third-order valence-electron chi connectivity index (χ3n) is 5.20.